The maximum Gasteiger partial charge on any atom is 0.180 e. The van der Waals surface area contributed by atoms with Gasteiger partial charge >= 0.3 is 0 Å². The monoisotopic (exact) mass is 327 g/mol. The molecule has 1 fully saturated rings. The highest BCUT2D eigenvalue weighted by molar-refractivity contribution is 6.00. The van der Waals surface area contributed by atoms with E-state index in [0.29, 0.717) is 24.5 Å². The van der Waals surface area contributed by atoms with Crippen molar-refractivity contribution in [2.24, 2.45) is 0 Å². The Morgan fingerprint density at radius 1 is 1.12 bits per heavy atom. The third kappa shape index (κ3) is 4.20. The molecule has 126 valence electrons. The molecule has 1 heterocycles. The summed E-state index contributed by atoms with van der Waals surface area (Å²) in [6.45, 7) is 4.70. The molecule has 2 aromatic carbocycles. The Balaban J connectivity index is 1.72. The van der Waals surface area contributed by atoms with Crippen molar-refractivity contribution in [2.45, 2.75) is 26.4 Å². The number of carbonyl (C=O) groups excluding carboxylic acids is 1. The van der Waals surface area contributed by atoms with Crippen LogP contribution < -0.4 is 4.74 Å². The van der Waals surface area contributed by atoms with E-state index in [1.54, 1.807) is 12.1 Å². The van der Waals surface area contributed by atoms with Crippen LogP contribution in [0.25, 0.3) is 0 Å². The van der Waals surface area contributed by atoms with E-state index in [1.165, 1.54) is 12.1 Å². The van der Waals surface area contributed by atoms with Gasteiger partial charge in [0.05, 0.1) is 12.1 Å². The van der Waals surface area contributed by atoms with Gasteiger partial charge in [-0.1, -0.05) is 23.8 Å². The molecule has 0 spiro atoms. The van der Waals surface area contributed by atoms with E-state index in [4.69, 9.17) is 4.74 Å². The highest BCUT2D eigenvalue weighted by Gasteiger charge is 2.19. The van der Waals surface area contributed by atoms with Crippen molar-refractivity contribution in [3.8, 4) is 5.75 Å². The first kappa shape index (κ1) is 16.7. The van der Waals surface area contributed by atoms with Crippen LogP contribution in [0.3, 0.4) is 0 Å². The fourth-order valence-corrected chi connectivity index (χ4v) is 2.96. The third-order valence-electron chi connectivity index (χ3n) is 4.31. The summed E-state index contributed by atoms with van der Waals surface area (Å²) in [5.74, 6) is 0.416. The Hall–Kier alpha value is -2.20. The number of aryl methyl sites for hydroxylation is 1. The minimum absolute atomic E-state index is 0.0923. The second-order valence-corrected chi connectivity index (χ2v) is 6.32. The molecule has 3 rings (SSSR count). The molecule has 0 unspecified atom stereocenters. The van der Waals surface area contributed by atoms with E-state index in [1.807, 2.05) is 25.1 Å². The number of likely N-dealkylation sites (tertiary alicyclic amines) is 1. The van der Waals surface area contributed by atoms with Crippen molar-refractivity contribution in [1.82, 2.24) is 4.90 Å². The van der Waals surface area contributed by atoms with Crippen LogP contribution >= 0.6 is 0 Å². The first-order valence-electron chi connectivity index (χ1n) is 8.35. The average molecular weight is 327 g/mol. The Labute approximate surface area is 142 Å². The Morgan fingerprint density at radius 2 is 1.83 bits per heavy atom. The first-order valence-corrected chi connectivity index (χ1v) is 8.35. The van der Waals surface area contributed by atoms with E-state index < -0.39 is 0 Å². The fraction of sp³-hybridized carbons (Fsp3) is 0.350. The molecule has 24 heavy (non-hydrogen) atoms. The van der Waals surface area contributed by atoms with Crippen LogP contribution in [0.1, 0.15) is 34.3 Å². The predicted octanol–water partition coefficient (Wildman–Crippen LogP) is 3.99. The molecule has 0 amide bonds. The Morgan fingerprint density at radius 3 is 2.54 bits per heavy atom. The van der Waals surface area contributed by atoms with Crippen molar-refractivity contribution in [3.63, 3.8) is 0 Å². The number of ketones is 1. The molecule has 0 aliphatic carbocycles. The Bertz CT molecular complexity index is 706. The molecule has 0 N–H and O–H groups in total. The number of Topliss-reactive ketones (excluding diaryl/α,β-unsaturated/α-hetero) is 1. The molecule has 0 radical (unpaired) electrons. The zero-order chi connectivity index (χ0) is 16.9. The second-order valence-electron chi connectivity index (χ2n) is 6.32. The maximum absolute atomic E-state index is 13.0. The van der Waals surface area contributed by atoms with Crippen LogP contribution in [0.4, 0.5) is 4.39 Å². The number of hydrogen-bond donors (Lipinski definition) is 0. The molecule has 1 aliphatic heterocycles. The number of nitrogens with zero attached hydrogens (tertiary/aromatic N) is 1. The van der Waals surface area contributed by atoms with E-state index in [2.05, 4.69) is 4.90 Å². The number of carbonyl (C=O) groups is 1. The molecule has 3 nitrogen and oxygen atoms in total. The molecule has 0 atom stereocenters. The minimum Gasteiger partial charge on any atom is -0.488 e. The summed E-state index contributed by atoms with van der Waals surface area (Å²) < 4.78 is 18.8. The third-order valence-corrected chi connectivity index (χ3v) is 4.31. The van der Waals surface area contributed by atoms with E-state index in [-0.39, 0.29) is 11.6 Å². The number of benzene rings is 2. The van der Waals surface area contributed by atoms with Gasteiger partial charge in [0.15, 0.2) is 5.78 Å². The van der Waals surface area contributed by atoms with Crippen molar-refractivity contribution < 1.29 is 13.9 Å². The van der Waals surface area contributed by atoms with Gasteiger partial charge in [0, 0.05) is 0 Å². The summed E-state index contributed by atoms with van der Waals surface area (Å²) in [4.78, 5) is 14.8. The van der Waals surface area contributed by atoms with Gasteiger partial charge < -0.3 is 4.74 Å². The van der Waals surface area contributed by atoms with E-state index >= 15 is 0 Å². The lowest BCUT2D eigenvalue weighted by Gasteiger charge is -2.16. The second kappa shape index (κ2) is 7.58. The summed E-state index contributed by atoms with van der Waals surface area (Å²) >= 11 is 0. The smallest absolute Gasteiger partial charge is 0.180 e. The molecule has 1 aliphatic rings. The minimum atomic E-state index is -0.268. The van der Waals surface area contributed by atoms with Crippen LogP contribution in [0, 0.1) is 12.7 Å². The van der Waals surface area contributed by atoms with Gasteiger partial charge in [0.1, 0.15) is 18.2 Å². The largest absolute Gasteiger partial charge is 0.488 e. The number of halogens is 1. The molecular weight excluding hydrogens is 305 g/mol. The maximum atomic E-state index is 13.0. The van der Waals surface area contributed by atoms with Gasteiger partial charge in [0.25, 0.3) is 0 Å². The molecule has 0 aromatic heterocycles. The van der Waals surface area contributed by atoms with Crippen LogP contribution in [0.15, 0.2) is 42.5 Å². The van der Waals surface area contributed by atoms with E-state index in [0.717, 1.165) is 37.1 Å². The zero-order valence-corrected chi connectivity index (χ0v) is 13.9. The van der Waals surface area contributed by atoms with Crippen LogP contribution in [0.5, 0.6) is 5.75 Å². The lowest BCUT2D eigenvalue weighted by atomic mass is 10.1. The molecule has 4 heteroatoms. The zero-order valence-electron chi connectivity index (χ0n) is 13.9. The van der Waals surface area contributed by atoms with Crippen molar-refractivity contribution in [3.05, 3.63) is 65.0 Å². The number of rotatable bonds is 6. The summed E-state index contributed by atoms with van der Waals surface area (Å²) in [5, 5.41) is 0. The van der Waals surface area contributed by atoms with Crippen LogP contribution in [0.2, 0.25) is 0 Å². The lowest BCUT2D eigenvalue weighted by molar-refractivity contribution is 0.0940. The van der Waals surface area contributed by atoms with Gasteiger partial charge in [-0.15, -0.1) is 0 Å². The molecule has 1 saturated heterocycles. The van der Waals surface area contributed by atoms with Gasteiger partial charge in [-0.2, -0.15) is 0 Å². The van der Waals surface area contributed by atoms with Crippen molar-refractivity contribution in [2.75, 3.05) is 19.6 Å². The molecular formula is C20H22FNO2. The fourth-order valence-electron chi connectivity index (χ4n) is 2.96. The summed E-state index contributed by atoms with van der Waals surface area (Å²) in [6.07, 6.45) is 2.32. The standard InChI is InChI=1S/C20H22FNO2/c1-15-4-9-20(24-14-16-5-7-17(21)8-6-16)18(12-15)19(23)13-22-10-2-3-11-22/h4-9,12H,2-3,10-11,13-14H2,1H3. The molecule has 2 aromatic rings. The lowest BCUT2D eigenvalue weighted by Crippen LogP contribution is -2.27. The van der Waals surface area contributed by atoms with Gasteiger partial charge in [-0.3, -0.25) is 9.69 Å². The molecule has 0 bridgehead atoms. The number of hydrogen-bond acceptors (Lipinski definition) is 3. The van der Waals surface area contributed by atoms with E-state index in [9.17, 15) is 9.18 Å². The highest BCUT2D eigenvalue weighted by Crippen LogP contribution is 2.23. The SMILES string of the molecule is Cc1ccc(OCc2ccc(F)cc2)c(C(=O)CN2CCCC2)c1. The van der Waals surface area contributed by atoms with Gasteiger partial charge in [-0.05, 0) is 62.7 Å². The number of ether oxygens (including phenoxy) is 1. The summed E-state index contributed by atoms with van der Waals surface area (Å²) in [7, 11) is 0. The Kier molecular flexibility index (Phi) is 5.26. The van der Waals surface area contributed by atoms with Crippen molar-refractivity contribution in [1.29, 1.82) is 0 Å². The van der Waals surface area contributed by atoms with Gasteiger partial charge in [-0.25, -0.2) is 4.39 Å². The van der Waals surface area contributed by atoms with Crippen LogP contribution in [-0.2, 0) is 6.61 Å². The predicted molar refractivity (Wildman–Crippen MR) is 91.9 cm³/mol. The summed E-state index contributed by atoms with van der Waals surface area (Å²) in [6, 6.07) is 11.9. The normalized spacial score (nSPS) is 14.8. The van der Waals surface area contributed by atoms with Gasteiger partial charge in [0.2, 0.25) is 0 Å². The highest BCUT2D eigenvalue weighted by atomic mass is 19.1. The average Bonchev–Trinajstić information content (AvgIpc) is 3.08. The topological polar surface area (TPSA) is 29.5 Å². The quantitative estimate of drug-likeness (QED) is 0.751. The summed E-state index contributed by atoms with van der Waals surface area (Å²) in [5.41, 5.74) is 2.54. The molecule has 0 saturated carbocycles. The first-order chi connectivity index (χ1) is 11.6. The van der Waals surface area contributed by atoms with Crippen molar-refractivity contribution >= 4 is 5.78 Å². The van der Waals surface area contributed by atoms with Crippen LogP contribution in [-0.4, -0.2) is 30.3 Å².